The van der Waals surface area contributed by atoms with Crippen LogP contribution >= 0.6 is 0 Å². The summed E-state index contributed by atoms with van der Waals surface area (Å²) in [5.41, 5.74) is 1.77. The minimum atomic E-state index is -0.936. The molecule has 1 aliphatic carbocycles. The Morgan fingerprint density at radius 3 is 2.84 bits per heavy atom. The van der Waals surface area contributed by atoms with Crippen molar-refractivity contribution < 1.29 is 9.90 Å². The van der Waals surface area contributed by atoms with Gasteiger partial charge in [-0.1, -0.05) is 24.6 Å². The molecule has 1 aromatic heterocycles. The highest BCUT2D eigenvalue weighted by Crippen LogP contribution is 2.30. The van der Waals surface area contributed by atoms with Crippen LogP contribution in [0.5, 0.6) is 0 Å². The number of aromatic carboxylic acids is 1. The molecule has 4 heteroatoms. The third-order valence-electron chi connectivity index (χ3n) is 3.80. The van der Waals surface area contributed by atoms with Crippen molar-refractivity contribution in [2.24, 2.45) is 5.92 Å². The van der Waals surface area contributed by atoms with Crippen LogP contribution in [0.3, 0.4) is 0 Å². The molecule has 0 atom stereocenters. The average Bonchev–Trinajstić information content (AvgIpc) is 2.36. The molecule has 19 heavy (non-hydrogen) atoms. The van der Waals surface area contributed by atoms with Crippen LogP contribution < -0.4 is 5.32 Å². The van der Waals surface area contributed by atoms with Gasteiger partial charge in [0.05, 0.1) is 11.2 Å². The van der Waals surface area contributed by atoms with E-state index in [9.17, 15) is 9.90 Å². The summed E-state index contributed by atoms with van der Waals surface area (Å²) < 4.78 is 0. The standard InChI is InChI=1S/C15H16N2O2/c18-15(19)12-9-16-13-7-2-1-6-11(13)14(12)17-8-10-4-3-5-10/h1-2,6-7,9-10H,3-5,8H2,(H,16,17)(H,18,19). The number of nitrogens with one attached hydrogen (secondary N) is 1. The number of fused-ring (bicyclic) bond motifs is 1. The van der Waals surface area contributed by atoms with E-state index < -0.39 is 5.97 Å². The molecule has 0 amide bonds. The van der Waals surface area contributed by atoms with Gasteiger partial charge >= 0.3 is 5.97 Å². The van der Waals surface area contributed by atoms with Crippen LogP contribution in [0.2, 0.25) is 0 Å². The maximum atomic E-state index is 11.3. The molecule has 0 bridgehead atoms. The number of nitrogens with zero attached hydrogens (tertiary/aromatic N) is 1. The fraction of sp³-hybridized carbons (Fsp3) is 0.333. The lowest BCUT2D eigenvalue weighted by Crippen LogP contribution is -2.22. The van der Waals surface area contributed by atoms with Gasteiger partial charge in [0, 0.05) is 18.1 Å². The number of benzene rings is 1. The largest absolute Gasteiger partial charge is 0.478 e. The summed E-state index contributed by atoms with van der Waals surface area (Å²) in [5, 5.41) is 13.5. The van der Waals surface area contributed by atoms with Gasteiger partial charge in [0.15, 0.2) is 0 Å². The molecule has 98 valence electrons. The lowest BCUT2D eigenvalue weighted by molar-refractivity contribution is 0.0697. The van der Waals surface area contributed by atoms with E-state index in [0.29, 0.717) is 11.6 Å². The Hall–Kier alpha value is -2.10. The monoisotopic (exact) mass is 256 g/mol. The summed E-state index contributed by atoms with van der Waals surface area (Å²) in [5.74, 6) is -0.261. The lowest BCUT2D eigenvalue weighted by atomic mass is 9.85. The average molecular weight is 256 g/mol. The SMILES string of the molecule is O=C(O)c1cnc2ccccc2c1NCC1CCC1. The first-order chi connectivity index (χ1) is 9.25. The van der Waals surface area contributed by atoms with Crippen molar-refractivity contribution in [2.45, 2.75) is 19.3 Å². The zero-order valence-corrected chi connectivity index (χ0v) is 10.6. The number of pyridine rings is 1. The molecule has 3 rings (SSSR count). The highest BCUT2D eigenvalue weighted by molar-refractivity contribution is 6.04. The molecule has 0 radical (unpaired) electrons. The van der Waals surface area contributed by atoms with E-state index in [4.69, 9.17) is 0 Å². The number of aromatic nitrogens is 1. The molecule has 0 aliphatic heterocycles. The Morgan fingerprint density at radius 2 is 2.16 bits per heavy atom. The first-order valence-corrected chi connectivity index (χ1v) is 6.60. The molecule has 0 saturated heterocycles. The van der Waals surface area contributed by atoms with Gasteiger partial charge in [-0.3, -0.25) is 4.98 Å². The number of carbonyl (C=O) groups is 1. The van der Waals surface area contributed by atoms with Gasteiger partial charge in [0.2, 0.25) is 0 Å². The van der Waals surface area contributed by atoms with Crippen molar-refractivity contribution in [2.75, 3.05) is 11.9 Å². The van der Waals surface area contributed by atoms with Crippen molar-refractivity contribution in [3.05, 3.63) is 36.0 Å². The summed E-state index contributed by atoms with van der Waals surface area (Å²) in [6, 6.07) is 7.63. The van der Waals surface area contributed by atoms with Crippen LogP contribution in [0.4, 0.5) is 5.69 Å². The van der Waals surface area contributed by atoms with E-state index in [-0.39, 0.29) is 5.56 Å². The molecule has 0 unspecified atom stereocenters. The molecule has 2 N–H and O–H groups in total. The van der Waals surface area contributed by atoms with E-state index in [1.54, 1.807) is 0 Å². The second-order valence-corrected chi connectivity index (χ2v) is 5.05. The van der Waals surface area contributed by atoms with Crippen LogP contribution in [0.15, 0.2) is 30.5 Å². The van der Waals surface area contributed by atoms with Gasteiger partial charge in [-0.25, -0.2) is 4.79 Å². The third kappa shape index (κ3) is 2.26. The number of hydrogen-bond acceptors (Lipinski definition) is 3. The van der Waals surface area contributed by atoms with Gasteiger partial charge in [-0.15, -0.1) is 0 Å². The number of anilines is 1. The van der Waals surface area contributed by atoms with E-state index in [1.807, 2.05) is 24.3 Å². The summed E-state index contributed by atoms with van der Waals surface area (Å²) in [4.78, 5) is 15.5. The minimum absolute atomic E-state index is 0.248. The fourth-order valence-corrected chi connectivity index (χ4v) is 2.44. The number of carboxylic acid groups (broad SMARTS) is 1. The first-order valence-electron chi connectivity index (χ1n) is 6.60. The van der Waals surface area contributed by atoms with Crippen molar-refractivity contribution in [3.63, 3.8) is 0 Å². The second-order valence-electron chi connectivity index (χ2n) is 5.05. The molecule has 1 fully saturated rings. The maximum absolute atomic E-state index is 11.3. The van der Waals surface area contributed by atoms with Crippen molar-refractivity contribution in [1.82, 2.24) is 4.98 Å². The molecule has 1 heterocycles. The smallest absolute Gasteiger partial charge is 0.339 e. The van der Waals surface area contributed by atoms with Gasteiger partial charge in [0.25, 0.3) is 0 Å². The molecule has 1 aliphatic rings. The third-order valence-corrected chi connectivity index (χ3v) is 3.80. The van der Waals surface area contributed by atoms with Crippen LogP contribution in [-0.4, -0.2) is 22.6 Å². The number of hydrogen-bond donors (Lipinski definition) is 2. The second kappa shape index (κ2) is 4.88. The van der Waals surface area contributed by atoms with E-state index in [0.717, 1.165) is 17.4 Å². The zero-order chi connectivity index (χ0) is 13.2. The van der Waals surface area contributed by atoms with Crippen molar-refractivity contribution in [1.29, 1.82) is 0 Å². The van der Waals surface area contributed by atoms with Crippen molar-refractivity contribution >= 4 is 22.6 Å². The predicted octanol–water partition coefficient (Wildman–Crippen LogP) is 3.15. The topological polar surface area (TPSA) is 62.2 Å². The number of rotatable bonds is 4. The summed E-state index contributed by atoms with van der Waals surface area (Å²) in [6.07, 6.45) is 5.19. The highest BCUT2D eigenvalue weighted by atomic mass is 16.4. The molecular formula is C15H16N2O2. The molecular weight excluding hydrogens is 240 g/mol. The summed E-state index contributed by atoms with van der Waals surface area (Å²) in [7, 11) is 0. The Labute approximate surface area is 111 Å². The molecule has 0 spiro atoms. The molecule has 1 saturated carbocycles. The highest BCUT2D eigenvalue weighted by Gasteiger charge is 2.19. The lowest BCUT2D eigenvalue weighted by Gasteiger charge is -2.26. The predicted molar refractivity (Wildman–Crippen MR) is 74.5 cm³/mol. The summed E-state index contributed by atoms with van der Waals surface area (Å²) >= 11 is 0. The normalized spacial score (nSPS) is 15.2. The van der Waals surface area contributed by atoms with E-state index >= 15 is 0 Å². The Balaban J connectivity index is 2.00. The zero-order valence-electron chi connectivity index (χ0n) is 10.6. The van der Waals surface area contributed by atoms with Gasteiger partial charge in [-0.2, -0.15) is 0 Å². The van der Waals surface area contributed by atoms with Crippen LogP contribution in [0.1, 0.15) is 29.6 Å². The van der Waals surface area contributed by atoms with Crippen LogP contribution in [-0.2, 0) is 0 Å². The summed E-state index contributed by atoms with van der Waals surface area (Å²) in [6.45, 7) is 0.842. The maximum Gasteiger partial charge on any atom is 0.339 e. The first kappa shape index (κ1) is 12.0. The Kier molecular flexibility index (Phi) is 3.07. The van der Waals surface area contributed by atoms with Gasteiger partial charge < -0.3 is 10.4 Å². The van der Waals surface area contributed by atoms with Gasteiger partial charge in [0.1, 0.15) is 5.56 Å². The van der Waals surface area contributed by atoms with Crippen LogP contribution in [0.25, 0.3) is 10.9 Å². The molecule has 4 nitrogen and oxygen atoms in total. The number of para-hydroxylation sites is 1. The fourth-order valence-electron chi connectivity index (χ4n) is 2.44. The Bertz CT molecular complexity index is 621. The number of carboxylic acids is 1. The Morgan fingerprint density at radius 1 is 1.37 bits per heavy atom. The van der Waals surface area contributed by atoms with E-state index in [1.165, 1.54) is 25.5 Å². The molecule has 2 aromatic rings. The minimum Gasteiger partial charge on any atom is -0.478 e. The quantitative estimate of drug-likeness (QED) is 0.882. The van der Waals surface area contributed by atoms with Gasteiger partial charge in [-0.05, 0) is 24.8 Å². The van der Waals surface area contributed by atoms with E-state index in [2.05, 4.69) is 10.3 Å². The van der Waals surface area contributed by atoms with Crippen molar-refractivity contribution in [3.8, 4) is 0 Å². The molecule has 1 aromatic carbocycles. The van der Waals surface area contributed by atoms with Crippen LogP contribution in [0, 0.1) is 5.92 Å².